The van der Waals surface area contributed by atoms with Crippen molar-refractivity contribution in [3.8, 4) is 5.75 Å². The molecule has 2 N–H and O–H groups in total. The summed E-state index contributed by atoms with van der Waals surface area (Å²) in [6.07, 6.45) is 0. The number of rotatable bonds is 4. The largest absolute Gasteiger partial charge is 0.496 e. The Balaban J connectivity index is 1.60. The van der Waals surface area contributed by atoms with Crippen LogP contribution in [0.1, 0.15) is 25.0 Å². The van der Waals surface area contributed by atoms with Gasteiger partial charge in [-0.15, -0.1) is 0 Å². The second-order valence-electron chi connectivity index (χ2n) is 8.80. The molecule has 3 aliphatic rings. The summed E-state index contributed by atoms with van der Waals surface area (Å²) in [5.74, 6) is -1.52. The Morgan fingerprint density at radius 3 is 2.48 bits per heavy atom. The van der Waals surface area contributed by atoms with Crippen molar-refractivity contribution in [2.45, 2.75) is 32.0 Å². The Bertz CT molecular complexity index is 1100. The third-order valence-electron chi connectivity index (χ3n) is 6.89. The number of imide groups is 1. The van der Waals surface area contributed by atoms with Gasteiger partial charge in [-0.2, -0.15) is 0 Å². The minimum Gasteiger partial charge on any atom is -0.496 e. The Hall–Kier alpha value is -3.19. The topological polar surface area (TPSA) is 87.7 Å². The Morgan fingerprint density at radius 2 is 1.74 bits per heavy atom. The number of nitrogens with one attached hydrogen (secondary N) is 2. The van der Waals surface area contributed by atoms with Gasteiger partial charge in [-0.05, 0) is 18.1 Å². The first-order valence-electron chi connectivity index (χ1n) is 10.6. The molecule has 2 fully saturated rings. The maximum Gasteiger partial charge on any atom is 0.250 e. The molecule has 3 amide bonds. The molecule has 1 spiro atoms. The minimum atomic E-state index is -1.24. The molecule has 0 aliphatic carbocycles. The highest BCUT2D eigenvalue weighted by Crippen LogP contribution is 2.54. The van der Waals surface area contributed by atoms with Crippen molar-refractivity contribution >= 4 is 23.4 Å². The molecule has 0 saturated carbocycles. The van der Waals surface area contributed by atoms with Crippen molar-refractivity contribution < 1.29 is 19.1 Å². The molecule has 0 bridgehead atoms. The van der Waals surface area contributed by atoms with Crippen LogP contribution in [0.15, 0.2) is 48.5 Å². The molecule has 2 aromatic rings. The van der Waals surface area contributed by atoms with Crippen molar-refractivity contribution in [1.82, 2.24) is 10.2 Å². The van der Waals surface area contributed by atoms with Crippen molar-refractivity contribution in [2.24, 2.45) is 17.8 Å². The van der Waals surface area contributed by atoms with E-state index in [1.165, 1.54) is 4.90 Å². The molecule has 7 heteroatoms. The number of amides is 3. The molecule has 0 aromatic heterocycles. The third-order valence-corrected chi connectivity index (χ3v) is 6.89. The maximum atomic E-state index is 13.7. The Kier molecular flexibility index (Phi) is 4.41. The van der Waals surface area contributed by atoms with E-state index >= 15 is 0 Å². The van der Waals surface area contributed by atoms with Crippen LogP contribution in [-0.4, -0.2) is 35.8 Å². The van der Waals surface area contributed by atoms with Crippen LogP contribution in [0.25, 0.3) is 0 Å². The number of benzene rings is 2. The number of likely N-dealkylation sites (tertiary alicyclic amines) is 1. The van der Waals surface area contributed by atoms with Gasteiger partial charge in [0, 0.05) is 22.9 Å². The fourth-order valence-electron chi connectivity index (χ4n) is 5.48. The predicted octanol–water partition coefficient (Wildman–Crippen LogP) is 2.27. The molecule has 31 heavy (non-hydrogen) atoms. The molecular formula is C24H25N3O4. The highest BCUT2D eigenvalue weighted by atomic mass is 16.5. The predicted molar refractivity (Wildman–Crippen MR) is 114 cm³/mol. The molecule has 4 unspecified atom stereocenters. The van der Waals surface area contributed by atoms with E-state index in [1.807, 2.05) is 62.4 Å². The van der Waals surface area contributed by atoms with Crippen LogP contribution < -0.4 is 15.4 Å². The van der Waals surface area contributed by atoms with Crippen molar-refractivity contribution in [3.63, 3.8) is 0 Å². The lowest BCUT2D eigenvalue weighted by Gasteiger charge is -2.30. The van der Waals surface area contributed by atoms with E-state index in [4.69, 9.17) is 4.74 Å². The van der Waals surface area contributed by atoms with Gasteiger partial charge < -0.3 is 10.1 Å². The summed E-state index contributed by atoms with van der Waals surface area (Å²) in [4.78, 5) is 41.9. The SMILES string of the molecule is COc1ccccc1CN1C(=O)C2C(C(C)C)NC3(C(=O)Nc4ccccc43)C2C1=O. The van der Waals surface area contributed by atoms with Crippen LogP contribution in [0.2, 0.25) is 0 Å². The minimum absolute atomic E-state index is 0.0652. The summed E-state index contributed by atoms with van der Waals surface area (Å²) in [6.45, 7) is 4.14. The molecule has 160 valence electrons. The standard InChI is InChI=1S/C24H25N3O4/c1-13(2)20-18-19(24(26-20)15-9-5-6-10-16(15)25-23(24)30)22(29)27(21(18)28)12-14-8-4-7-11-17(14)31-3/h4-11,13,18-20,26H,12H2,1-3H3,(H,25,30). The summed E-state index contributed by atoms with van der Waals surface area (Å²) in [5, 5.41) is 6.35. The third kappa shape index (κ3) is 2.59. The van der Waals surface area contributed by atoms with Crippen LogP contribution >= 0.6 is 0 Å². The summed E-state index contributed by atoms with van der Waals surface area (Å²) >= 11 is 0. The highest BCUT2D eigenvalue weighted by molar-refractivity contribution is 6.15. The van der Waals surface area contributed by atoms with Crippen molar-refractivity contribution in [2.75, 3.05) is 12.4 Å². The van der Waals surface area contributed by atoms with Gasteiger partial charge in [0.2, 0.25) is 17.7 Å². The molecule has 4 atom stereocenters. The number of carbonyl (C=O) groups is 3. The molecule has 0 radical (unpaired) electrons. The normalized spacial score (nSPS) is 29.0. The number of ether oxygens (including phenoxy) is 1. The Morgan fingerprint density at radius 1 is 1.03 bits per heavy atom. The van der Waals surface area contributed by atoms with Crippen LogP contribution in [0.3, 0.4) is 0 Å². The second kappa shape index (κ2) is 6.92. The van der Waals surface area contributed by atoms with E-state index in [9.17, 15) is 14.4 Å². The summed E-state index contributed by atoms with van der Waals surface area (Å²) in [6, 6.07) is 14.5. The molecule has 3 heterocycles. The first kappa shape index (κ1) is 19.8. The fourth-order valence-corrected chi connectivity index (χ4v) is 5.48. The maximum absolute atomic E-state index is 13.7. The van der Waals surface area contributed by atoms with Crippen molar-refractivity contribution in [1.29, 1.82) is 0 Å². The zero-order valence-corrected chi connectivity index (χ0v) is 17.7. The first-order valence-corrected chi connectivity index (χ1v) is 10.6. The van der Waals surface area contributed by atoms with E-state index in [2.05, 4.69) is 10.6 Å². The summed E-state index contributed by atoms with van der Waals surface area (Å²) < 4.78 is 5.41. The quantitative estimate of drug-likeness (QED) is 0.743. The monoisotopic (exact) mass is 419 g/mol. The number of nitrogens with zero attached hydrogens (tertiary/aromatic N) is 1. The lowest BCUT2D eigenvalue weighted by Crippen LogP contribution is -2.53. The fraction of sp³-hybridized carbons (Fsp3) is 0.375. The number of para-hydroxylation sites is 2. The van der Waals surface area contributed by atoms with E-state index in [-0.39, 0.29) is 36.2 Å². The highest BCUT2D eigenvalue weighted by Gasteiger charge is 2.70. The van der Waals surface area contributed by atoms with E-state index in [0.717, 1.165) is 11.1 Å². The smallest absolute Gasteiger partial charge is 0.250 e. The molecule has 2 aromatic carbocycles. The van der Waals surface area contributed by atoms with Gasteiger partial charge in [-0.1, -0.05) is 50.2 Å². The van der Waals surface area contributed by atoms with Crippen LogP contribution in [0.4, 0.5) is 5.69 Å². The number of methoxy groups -OCH3 is 1. The molecule has 2 saturated heterocycles. The van der Waals surface area contributed by atoms with Gasteiger partial charge in [-0.3, -0.25) is 24.6 Å². The van der Waals surface area contributed by atoms with Gasteiger partial charge in [-0.25, -0.2) is 0 Å². The number of hydrogen-bond donors (Lipinski definition) is 2. The summed E-state index contributed by atoms with van der Waals surface area (Å²) in [5.41, 5.74) is 0.939. The van der Waals surface area contributed by atoms with E-state index in [1.54, 1.807) is 7.11 Å². The van der Waals surface area contributed by atoms with E-state index in [0.29, 0.717) is 11.4 Å². The van der Waals surface area contributed by atoms with Crippen LogP contribution in [0, 0.1) is 17.8 Å². The lowest BCUT2D eigenvalue weighted by molar-refractivity contribution is -0.143. The van der Waals surface area contributed by atoms with Gasteiger partial charge >= 0.3 is 0 Å². The number of anilines is 1. The molecule has 3 aliphatic heterocycles. The van der Waals surface area contributed by atoms with Gasteiger partial charge in [0.1, 0.15) is 11.3 Å². The zero-order chi connectivity index (χ0) is 21.9. The first-order chi connectivity index (χ1) is 14.9. The number of hydrogen-bond acceptors (Lipinski definition) is 5. The van der Waals surface area contributed by atoms with Crippen LogP contribution in [0.5, 0.6) is 5.75 Å². The lowest BCUT2D eigenvalue weighted by atomic mass is 9.76. The zero-order valence-electron chi connectivity index (χ0n) is 17.7. The van der Waals surface area contributed by atoms with Crippen molar-refractivity contribution in [3.05, 3.63) is 59.7 Å². The van der Waals surface area contributed by atoms with Gasteiger partial charge in [0.25, 0.3) is 0 Å². The Labute approximate surface area is 180 Å². The number of carbonyl (C=O) groups excluding carboxylic acids is 3. The van der Waals surface area contributed by atoms with Crippen LogP contribution in [-0.2, 0) is 26.5 Å². The molecular weight excluding hydrogens is 394 g/mol. The van der Waals surface area contributed by atoms with E-state index < -0.39 is 17.4 Å². The molecule has 5 rings (SSSR count). The average molecular weight is 419 g/mol. The summed E-state index contributed by atoms with van der Waals surface area (Å²) in [7, 11) is 1.56. The average Bonchev–Trinajstić information content (AvgIpc) is 3.35. The second-order valence-corrected chi connectivity index (χ2v) is 8.80. The molecule has 7 nitrogen and oxygen atoms in total. The number of fused-ring (bicyclic) bond motifs is 4. The van der Waals surface area contributed by atoms with Gasteiger partial charge in [0.05, 0.1) is 25.5 Å². The van der Waals surface area contributed by atoms with Gasteiger partial charge in [0.15, 0.2) is 0 Å².